The molecule has 0 aliphatic rings. The summed E-state index contributed by atoms with van der Waals surface area (Å²) in [7, 11) is -4.14. The van der Waals surface area contributed by atoms with Crippen molar-refractivity contribution >= 4 is 50.5 Å². The monoisotopic (exact) mass is 452 g/mol. The number of rotatable bonds is 6. The molecule has 0 spiro atoms. The highest BCUT2D eigenvalue weighted by Crippen LogP contribution is 2.30. The molecule has 9 heteroatoms. The van der Waals surface area contributed by atoms with Crippen molar-refractivity contribution in [3.63, 3.8) is 0 Å². The Hall–Kier alpha value is -2.61. The first-order chi connectivity index (χ1) is 13.8. The van der Waals surface area contributed by atoms with Crippen LogP contribution in [0.25, 0.3) is 0 Å². The number of carbonyl (C=O) groups is 1. The highest BCUT2D eigenvalue weighted by atomic mass is 35.5. The lowest BCUT2D eigenvalue weighted by Gasteiger charge is -2.24. The Balaban J connectivity index is 1.94. The molecule has 0 aliphatic carbocycles. The highest BCUT2D eigenvalue weighted by molar-refractivity contribution is 7.92. The zero-order chi connectivity index (χ0) is 21.0. The van der Waals surface area contributed by atoms with Gasteiger partial charge in [-0.3, -0.25) is 9.10 Å². The van der Waals surface area contributed by atoms with Crippen molar-refractivity contribution in [2.24, 2.45) is 0 Å². The second-order valence-corrected chi connectivity index (χ2v) is 8.62. The minimum Gasteiger partial charge on any atom is -0.322 e. The normalized spacial score (nSPS) is 11.1. The maximum Gasteiger partial charge on any atom is 0.264 e. The molecule has 0 bridgehead atoms. The van der Waals surface area contributed by atoms with Crippen molar-refractivity contribution in [2.45, 2.75) is 4.90 Å². The van der Waals surface area contributed by atoms with Gasteiger partial charge in [0.05, 0.1) is 26.3 Å². The molecule has 0 atom stereocenters. The number of nitrogens with zero attached hydrogens (tertiary/aromatic N) is 1. The molecule has 1 amide bonds. The quantitative estimate of drug-likeness (QED) is 0.574. The van der Waals surface area contributed by atoms with Gasteiger partial charge in [0.25, 0.3) is 10.0 Å². The third-order valence-corrected chi connectivity index (χ3v) is 6.38. The Morgan fingerprint density at radius 3 is 2.07 bits per heavy atom. The third kappa shape index (κ3) is 4.87. The van der Waals surface area contributed by atoms with E-state index >= 15 is 0 Å². The summed E-state index contributed by atoms with van der Waals surface area (Å²) in [5.41, 5.74) is 0.463. The fourth-order valence-corrected chi connectivity index (χ4v) is 4.48. The van der Waals surface area contributed by atoms with E-state index in [0.29, 0.717) is 0 Å². The molecule has 0 radical (unpaired) electrons. The first-order valence-corrected chi connectivity index (χ1v) is 10.6. The molecule has 0 aromatic heterocycles. The molecule has 0 aliphatic heterocycles. The number of hydrogen-bond donors (Lipinski definition) is 1. The summed E-state index contributed by atoms with van der Waals surface area (Å²) in [6.45, 7) is -0.536. The van der Waals surface area contributed by atoms with E-state index in [1.54, 1.807) is 48.5 Å². The largest absolute Gasteiger partial charge is 0.322 e. The van der Waals surface area contributed by atoms with Gasteiger partial charge in [0.15, 0.2) is 0 Å². The second-order valence-electron chi connectivity index (χ2n) is 5.95. The van der Waals surface area contributed by atoms with Crippen LogP contribution in [-0.2, 0) is 14.8 Å². The minimum absolute atomic E-state index is 0.147. The average molecular weight is 453 g/mol. The molecular formula is C20H15Cl2FN2O3S. The molecule has 0 fully saturated rings. The fraction of sp³-hybridized carbons (Fsp3) is 0.0500. The number of hydrogen-bond acceptors (Lipinski definition) is 3. The Kier molecular flexibility index (Phi) is 6.42. The van der Waals surface area contributed by atoms with Crippen LogP contribution < -0.4 is 9.62 Å². The summed E-state index contributed by atoms with van der Waals surface area (Å²) in [6, 6.07) is 17.2. The van der Waals surface area contributed by atoms with Crippen molar-refractivity contribution in [3.8, 4) is 0 Å². The number of anilines is 2. The summed E-state index contributed by atoms with van der Waals surface area (Å²) >= 11 is 12.1. The van der Waals surface area contributed by atoms with Crippen LogP contribution in [0.15, 0.2) is 77.7 Å². The highest BCUT2D eigenvalue weighted by Gasteiger charge is 2.27. The summed E-state index contributed by atoms with van der Waals surface area (Å²) in [4.78, 5) is 12.5. The lowest BCUT2D eigenvalue weighted by molar-refractivity contribution is -0.114. The standard InChI is InChI=1S/C20H15Cl2FN2O3S/c21-17-7-4-8-18(22)20(17)24-19(26)13-25(15-5-2-1-3-6-15)29(27,28)16-11-9-14(23)10-12-16/h1-12H,13H2,(H,24,26). The van der Waals surface area contributed by atoms with E-state index in [2.05, 4.69) is 5.32 Å². The van der Waals surface area contributed by atoms with Crippen molar-refractivity contribution in [3.05, 3.63) is 88.7 Å². The molecule has 3 aromatic carbocycles. The number of carbonyl (C=O) groups excluding carboxylic acids is 1. The molecule has 1 N–H and O–H groups in total. The Morgan fingerprint density at radius 1 is 0.897 bits per heavy atom. The fourth-order valence-electron chi connectivity index (χ4n) is 2.57. The van der Waals surface area contributed by atoms with Crippen molar-refractivity contribution < 1.29 is 17.6 Å². The van der Waals surface area contributed by atoms with Gasteiger partial charge in [0, 0.05) is 0 Å². The Bertz CT molecular complexity index is 1100. The molecule has 0 saturated heterocycles. The average Bonchev–Trinajstić information content (AvgIpc) is 2.70. The smallest absolute Gasteiger partial charge is 0.264 e. The van der Waals surface area contributed by atoms with E-state index in [-0.39, 0.29) is 26.3 Å². The second kappa shape index (κ2) is 8.82. The SMILES string of the molecule is O=C(CN(c1ccccc1)S(=O)(=O)c1ccc(F)cc1)Nc1c(Cl)cccc1Cl. The Labute approximate surface area is 177 Å². The number of amides is 1. The molecule has 150 valence electrons. The van der Waals surface area contributed by atoms with Gasteiger partial charge in [-0.1, -0.05) is 47.5 Å². The van der Waals surface area contributed by atoms with Gasteiger partial charge in [-0.15, -0.1) is 0 Å². The summed E-state index contributed by atoms with van der Waals surface area (Å²) in [5, 5.41) is 2.98. The van der Waals surface area contributed by atoms with Crippen LogP contribution in [-0.4, -0.2) is 20.9 Å². The topological polar surface area (TPSA) is 66.5 Å². The molecule has 0 heterocycles. The van der Waals surface area contributed by atoms with Crippen molar-refractivity contribution in [1.82, 2.24) is 0 Å². The van der Waals surface area contributed by atoms with Crippen molar-refractivity contribution in [1.29, 1.82) is 0 Å². The summed E-state index contributed by atoms with van der Waals surface area (Å²) in [5.74, 6) is -1.21. The van der Waals surface area contributed by atoms with E-state index in [0.717, 1.165) is 28.6 Å². The van der Waals surface area contributed by atoms with E-state index in [4.69, 9.17) is 23.2 Å². The van der Waals surface area contributed by atoms with Crippen LogP contribution in [0.4, 0.5) is 15.8 Å². The van der Waals surface area contributed by atoms with Crippen LogP contribution in [0.5, 0.6) is 0 Å². The van der Waals surface area contributed by atoms with Crippen LogP contribution in [0.1, 0.15) is 0 Å². The molecule has 5 nitrogen and oxygen atoms in total. The molecule has 0 unspecified atom stereocenters. The molecule has 29 heavy (non-hydrogen) atoms. The maximum absolute atomic E-state index is 13.2. The summed E-state index contributed by atoms with van der Waals surface area (Å²) < 4.78 is 40.4. The van der Waals surface area contributed by atoms with Crippen LogP contribution >= 0.6 is 23.2 Å². The minimum atomic E-state index is -4.14. The number of para-hydroxylation sites is 2. The number of sulfonamides is 1. The third-order valence-electron chi connectivity index (χ3n) is 3.96. The zero-order valence-corrected chi connectivity index (χ0v) is 17.2. The van der Waals surface area contributed by atoms with E-state index in [1.807, 2.05) is 0 Å². The van der Waals surface area contributed by atoms with Crippen LogP contribution in [0.2, 0.25) is 10.0 Å². The van der Waals surface area contributed by atoms with Gasteiger partial charge in [-0.25, -0.2) is 12.8 Å². The predicted molar refractivity (Wildman–Crippen MR) is 112 cm³/mol. The molecule has 3 rings (SSSR count). The lowest BCUT2D eigenvalue weighted by Crippen LogP contribution is -2.38. The number of nitrogens with one attached hydrogen (secondary N) is 1. The number of halogens is 3. The maximum atomic E-state index is 13.2. The van der Waals surface area contributed by atoms with Gasteiger partial charge < -0.3 is 5.32 Å². The first-order valence-electron chi connectivity index (χ1n) is 8.36. The Morgan fingerprint density at radius 2 is 1.48 bits per heavy atom. The van der Waals surface area contributed by atoms with Crippen LogP contribution in [0.3, 0.4) is 0 Å². The lowest BCUT2D eigenvalue weighted by atomic mass is 10.3. The molecular weight excluding hydrogens is 438 g/mol. The van der Waals surface area contributed by atoms with E-state index < -0.39 is 28.3 Å². The molecule has 3 aromatic rings. The number of benzene rings is 3. The van der Waals surface area contributed by atoms with Crippen molar-refractivity contribution in [2.75, 3.05) is 16.2 Å². The van der Waals surface area contributed by atoms with Crippen LogP contribution in [0, 0.1) is 5.82 Å². The van der Waals surface area contributed by atoms with Gasteiger partial charge in [0.1, 0.15) is 12.4 Å². The first kappa shape index (κ1) is 21.1. The van der Waals surface area contributed by atoms with E-state index in [1.165, 1.54) is 0 Å². The van der Waals surface area contributed by atoms with Gasteiger partial charge >= 0.3 is 0 Å². The summed E-state index contributed by atoms with van der Waals surface area (Å²) in [6.07, 6.45) is 0. The molecule has 0 saturated carbocycles. The van der Waals surface area contributed by atoms with E-state index in [9.17, 15) is 17.6 Å². The zero-order valence-electron chi connectivity index (χ0n) is 14.8. The van der Waals surface area contributed by atoms with Gasteiger partial charge in [-0.05, 0) is 48.5 Å². The predicted octanol–water partition coefficient (Wildman–Crippen LogP) is 4.97. The van der Waals surface area contributed by atoms with Gasteiger partial charge in [0.2, 0.25) is 5.91 Å². The van der Waals surface area contributed by atoms with Gasteiger partial charge in [-0.2, -0.15) is 0 Å².